The van der Waals surface area contributed by atoms with E-state index in [4.69, 9.17) is 0 Å². The largest absolute Gasteiger partial charge is 0.318 e. The second-order valence-electron chi connectivity index (χ2n) is 4.77. The smallest absolute Gasteiger partial charge is 0.271 e. The summed E-state index contributed by atoms with van der Waals surface area (Å²) in [5, 5.41) is 14.7. The number of aryl methyl sites for hydroxylation is 1. The van der Waals surface area contributed by atoms with Gasteiger partial charge in [-0.15, -0.1) is 5.10 Å². The molecule has 0 spiro atoms. The van der Waals surface area contributed by atoms with Crippen LogP contribution in [-0.2, 0) is 7.05 Å². The minimum absolute atomic E-state index is 0.0607. The summed E-state index contributed by atoms with van der Waals surface area (Å²) in [7, 11) is 1.87. The van der Waals surface area contributed by atoms with Crippen molar-refractivity contribution in [2.75, 3.05) is 0 Å². The van der Waals surface area contributed by atoms with E-state index < -0.39 is 10.8 Å². The van der Waals surface area contributed by atoms with Gasteiger partial charge in [0.25, 0.3) is 11.6 Å². The molecule has 0 aliphatic rings. The van der Waals surface area contributed by atoms with Crippen LogP contribution in [0.25, 0.3) is 10.2 Å². The zero-order chi connectivity index (χ0) is 16.4. The number of nitro groups is 1. The minimum Gasteiger partial charge on any atom is -0.318 e. The van der Waals surface area contributed by atoms with Crippen LogP contribution in [0.15, 0.2) is 53.6 Å². The molecule has 2 aromatic carbocycles. The Morgan fingerprint density at radius 1 is 1.22 bits per heavy atom. The van der Waals surface area contributed by atoms with Crippen molar-refractivity contribution in [2.45, 2.75) is 0 Å². The Labute approximate surface area is 134 Å². The number of nitrogens with zero attached hydrogens (tertiary/aromatic N) is 3. The van der Waals surface area contributed by atoms with Crippen molar-refractivity contribution in [3.63, 3.8) is 0 Å². The highest BCUT2D eigenvalue weighted by molar-refractivity contribution is 7.16. The fourth-order valence-corrected chi connectivity index (χ4v) is 3.07. The summed E-state index contributed by atoms with van der Waals surface area (Å²) in [5.74, 6) is -0.419. The Balaban J connectivity index is 1.84. The fourth-order valence-electron chi connectivity index (χ4n) is 2.09. The molecular weight excluding hydrogens is 316 g/mol. The number of nitrogens with one attached hydrogen (secondary N) is 1. The quantitative estimate of drug-likeness (QED) is 0.591. The summed E-state index contributed by atoms with van der Waals surface area (Å²) < 4.78 is 2.95. The van der Waals surface area contributed by atoms with Gasteiger partial charge < -0.3 is 4.57 Å². The van der Waals surface area contributed by atoms with Gasteiger partial charge in [-0.05, 0) is 24.3 Å². The van der Waals surface area contributed by atoms with E-state index in [-0.39, 0.29) is 5.69 Å². The molecule has 116 valence electrons. The summed E-state index contributed by atoms with van der Waals surface area (Å²) in [4.78, 5) is 22.8. The number of carbonyl (C=O) groups excluding carboxylic acids is 1. The van der Waals surface area contributed by atoms with Crippen LogP contribution in [0.3, 0.4) is 0 Å². The van der Waals surface area contributed by atoms with Crippen molar-refractivity contribution < 1.29 is 9.72 Å². The topological polar surface area (TPSA) is 89.5 Å². The van der Waals surface area contributed by atoms with Gasteiger partial charge in [0.2, 0.25) is 4.80 Å². The second-order valence-corrected chi connectivity index (χ2v) is 5.78. The molecule has 3 aromatic rings. The number of nitro benzene ring substituents is 1. The van der Waals surface area contributed by atoms with Crippen molar-refractivity contribution in [2.24, 2.45) is 12.1 Å². The first-order valence-corrected chi connectivity index (χ1v) is 7.51. The summed E-state index contributed by atoms with van der Waals surface area (Å²) in [5.41, 5.74) is 3.75. The third kappa shape index (κ3) is 2.97. The highest BCUT2D eigenvalue weighted by Gasteiger charge is 2.09. The number of hydrogen-bond donors (Lipinski definition) is 1. The number of fused-ring (bicyclic) bond motifs is 1. The highest BCUT2D eigenvalue weighted by atomic mass is 32.1. The zero-order valence-corrected chi connectivity index (χ0v) is 12.9. The van der Waals surface area contributed by atoms with Crippen LogP contribution in [-0.4, -0.2) is 15.4 Å². The maximum atomic E-state index is 12.0. The monoisotopic (exact) mass is 328 g/mol. The van der Waals surface area contributed by atoms with Crippen LogP contribution in [0.5, 0.6) is 0 Å². The Hall–Kier alpha value is -3.00. The van der Waals surface area contributed by atoms with E-state index in [1.165, 1.54) is 35.6 Å². The maximum absolute atomic E-state index is 12.0. The SMILES string of the molecule is Cn1/c(=N\NC(=O)c2ccc([N+](=O)[O-])cc2)sc2ccccc21. The molecule has 1 heterocycles. The summed E-state index contributed by atoms with van der Waals surface area (Å²) in [6.07, 6.45) is 0. The molecule has 0 aliphatic carbocycles. The first kappa shape index (κ1) is 14.9. The molecule has 8 heteroatoms. The zero-order valence-electron chi connectivity index (χ0n) is 12.1. The van der Waals surface area contributed by atoms with Gasteiger partial charge in [0.15, 0.2) is 0 Å². The van der Waals surface area contributed by atoms with Gasteiger partial charge in [0, 0.05) is 24.7 Å². The second kappa shape index (κ2) is 6.01. The molecule has 0 radical (unpaired) electrons. The van der Waals surface area contributed by atoms with E-state index in [1.807, 2.05) is 35.9 Å². The van der Waals surface area contributed by atoms with Gasteiger partial charge in [-0.25, -0.2) is 5.43 Å². The van der Waals surface area contributed by atoms with Crippen LogP contribution in [0, 0.1) is 10.1 Å². The molecular formula is C15H12N4O3S. The third-order valence-corrected chi connectivity index (χ3v) is 4.42. The van der Waals surface area contributed by atoms with Gasteiger partial charge in [0.05, 0.1) is 15.1 Å². The van der Waals surface area contributed by atoms with Crippen LogP contribution >= 0.6 is 11.3 Å². The number of hydrogen-bond acceptors (Lipinski definition) is 5. The molecule has 3 rings (SSSR count). The molecule has 1 N–H and O–H groups in total. The lowest BCUT2D eigenvalue weighted by Crippen LogP contribution is -2.23. The van der Waals surface area contributed by atoms with E-state index in [2.05, 4.69) is 10.5 Å². The van der Waals surface area contributed by atoms with Crippen molar-refractivity contribution in [1.29, 1.82) is 0 Å². The molecule has 0 atom stereocenters. The first-order chi connectivity index (χ1) is 11.1. The third-order valence-electron chi connectivity index (χ3n) is 3.31. The van der Waals surface area contributed by atoms with E-state index >= 15 is 0 Å². The summed E-state index contributed by atoms with van der Waals surface area (Å²) in [6.45, 7) is 0. The van der Waals surface area contributed by atoms with E-state index in [1.54, 1.807) is 0 Å². The van der Waals surface area contributed by atoms with Crippen molar-refractivity contribution in [3.05, 3.63) is 69.0 Å². The Morgan fingerprint density at radius 2 is 1.91 bits per heavy atom. The molecule has 0 aliphatic heterocycles. The predicted molar refractivity (Wildman–Crippen MR) is 86.9 cm³/mol. The maximum Gasteiger partial charge on any atom is 0.271 e. The minimum atomic E-state index is -0.511. The standard InChI is InChI=1S/C15H12N4O3S/c1-18-12-4-2-3-5-13(12)23-15(18)17-16-14(20)10-6-8-11(9-7-10)19(21)22/h2-9H,1H3,(H,16,20)/b17-15+. The van der Waals surface area contributed by atoms with Gasteiger partial charge >= 0.3 is 0 Å². The number of thiazole rings is 1. The predicted octanol–water partition coefficient (Wildman–Crippen LogP) is 2.39. The van der Waals surface area contributed by atoms with Gasteiger partial charge in [-0.1, -0.05) is 23.5 Å². The summed E-state index contributed by atoms with van der Waals surface area (Å²) >= 11 is 1.46. The average molecular weight is 328 g/mol. The number of rotatable bonds is 3. The van der Waals surface area contributed by atoms with Crippen molar-refractivity contribution >= 4 is 33.1 Å². The lowest BCUT2D eigenvalue weighted by atomic mass is 10.2. The van der Waals surface area contributed by atoms with E-state index in [9.17, 15) is 14.9 Å². The number of aromatic nitrogens is 1. The van der Waals surface area contributed by atoms with Gasteiger partial charge in [-0.2, -0.15) is 0 Å². The number of carbonyl (C=O) groups is 1. The van der Waals surface area contributed by atoms with E-state index in [0.717, 1.165) is 10.2 Å². The highest BCUT2D eigenvalue weighted by Crippen LogP contribution is 2.15. The van der Waals surface area contributed by atoms with Crippen LogP contribution in [0.4, 0.5) is 5.69 Å². The number of non-ortho nitro benzene ring substituents is 1. The van der Waals surface area contributed by atoms with Crippen LogP contribution < -0.4 is 10.2 Å². The molecule has 0 unspecified atom stereocenters. The Bertz CT molecular complexity index is 957. The number of amides is 1. The Morgan fingerprint density at radius 3 is 2.57 bits per heavy atom. The van der Waals surface area contributed by atoms with Crippen LogP contribution in [0.1, 0.15) is 10.4 Å². The van der Waals surface area contributed by atoms with Crippen molar-refractivity contribution in [1.82, 2.24) is 9.99 Å². The molecule has 0 fully saturated rings. The fraction of sp³-hybridized carbons (Fsp3) is 0.0667. The Kier molecular flexibility index (Phi) is 3.90. The molecule has 0 bridgehead atoms. The number of para-hydroxylation sites is 1. The van der Waals surface area contributed by atoms with Gasteiger partial charge in [0.1, 0.15) is 0 Å². The lowest BCUT2D eigenvalue weighted by Gasteiger charge is -1.99. The molecule has 0 saturated heterocycles. The number of benzene rings is 2. The molecule has 0 saturated carbocycles. The molecule has 23 heavy (non-hydrogen) atoms. The molecule has 1 amide bonds. The first-order valence-electron chi connectivity index (χ1n) is 6.69. The summed E-state index contributed by atoms with van der Waals surface area (Å²) in [6, 6.07) is 13.2. The molecule has 1 aromatic heterocycles. The van der Waals surface area contributed by atoms with Crippen LogP contribution in [0.2, 0.25) is 0 Å². The van der Waals surface area contributed by atoms with Crippen molar-refractivity contribution in [3.8, 4) is 0 Å². The van der Waals surface area contributed by atoms with E-state index in [0.29, 0.717) is 10.4 Å². The average Bonchev–Trinajstić information content (AvgIpc) is 2.89. The van der Waals surface area contributed by atoms with Gasteiger partial charge in [-0.3, -0.25) is 14.9 Å². The lowest BCUT2D eigenvalue weighted by molar-refractivity contribution is -0.384. The normalized spacial score (nSPS) is 11.6. The molecule has 7 nitrogen and oxygen atoms in total.